The smallest absolute Gasteiger partial charge is 0.179 e. The molecule has 0 aliphatic carbocycles. The van der Waals surface area contributed by atoms with Gasteiger partial charge in [-0.3, -0.25) is 0 Å². The third-order valence-corrected chi connectivity index (χ3v) is 5.10. The summed E-state index contributed by atoms with van der Waals surface area (Å²) in [4.78, 5) is 0.378. The van der Waals surface area contributed by atoms with Crippen molar-refractivity contribution in [1.82, 2.24) is 0 Å². The number of sulfone groups is 1. The van der Waals surface area contributed by atoms with Crippen LogP contribution in [0.2, 0.25) is 0 Å². The fraction of sp³-hybridized carbons (Fsp3) is 0.455. The number of hydrogen-bond donors (Lipinski definition) is 1. The van der Waals surface area contributed by atoms with Gasteiger partial charge in [0.2, 0.25) is 0 Å². The molecule has 0 amide bonds. The molecule has 0 saturated carbocycles. The lowest BCUT2D eigenvalue weighted by molar-refractivity contribution is 0.589. The first-order valence-corrected chi connectivity index (χ1v) is 7.70. The lowest BCUT2D eigenvalue weighted by Crippen LogP contribution is -2.08. The third kappa shape index (κ3) is 3.88. The second-order valence-electron chi connectivity index (χ2n) is 3.60. The third-order valence-electron chi connectivity index (χ3n) is 2.29. The highest BCUT2D eigenvalue weighted by atomic mass is 79.9. The van der Waals surface area contributed by atoms with E-state index in [9.17, 15) is 8.42 Å². The largest absolute Gasteiger partial charge is 0.330 e. The Morgan fingerprint density at radius 3 is 2.44 bits per heavy atom. The van der Waals surface area contributed by atoms with Crippen LogP contribution in [-0.2, 0) is 9.84 Å². The van der Waals surface area contributed by atoms with E-state index in [1.165, 1.54) is 0 Å². The van der Waals surface area contributed by atoms with Crippen LogP contribution in [-0.4, -0.2) is 20.7 Å². The number of halogens is 1. The summed E-state index contributed by atoms with van der Waals surface area (Å²) in [7, 11) is -3.16. The molecule has 3 nitrogen and oxygen atoms in total. The average Bonchev–Trinajstić information content (AvgIpc) is 2.25. The van der Waals surface area contributed by atoms with Crippen molar-refractivity contribution in [3.63, 3.8) is 0 Å². The monoisotopic (exact) mass is 305 g/mol. The van der Waals surface area contributed by atoms with E-state index < -0.39 is 9.84 Å². The summed E-state index contributed by atoms with van der Waals surface area (Å²) in [6.07, 6.45) is 2.41. The van der Waals surface area contributed by atoms with Gasteiger partial charge >= 0.3 is 0 Å². The molecule has 0 radical (unpaired) electrons. The van der Waals surface area contributed by atoms with Crippen LogP contribution in [0.15, 0.2) is 33.6 Å². The molecule has 0 fully saturated rings. The fourth-order valence-electron chi connectivity index (χ4n) is 1.42. The zero-order valence-corrected chi connectivity index (χ0v) is 11.4. The van der Waals surface area contributed by atoms with Crippen LogP contribution in [0.4, 0.5) is 0 Å². The number of nitrogens with two attached hydrogens (primary N) is 1. The Morgan fingerprint density at radius 2 is 1.81 bits per heavy atom. The minimum atomic E-state index is -3.16. The molecule has 2 N–H and O–H groups in total. The Morgan fingerprint density at radius 1 is 1.12 bits per heavy atom. The van der Waals surface area contributed by atoms with Crippen molar-refractivity contribution in [1.29, 1.82) is 0 Å². The SMILES string of the molecule is NCCCCCS(=O)(=O)c1ccccc1Br. The summed E-state index contributed by atoms with van der Waals surface area (Å²) >= 11 is 3.26. The highest BCUT2D eigenvalue weighted by Gasteiger charge is 2.16. The zero-order chi connectivity index (χ0) is 12.0. The van der Waals surface area contributed by atoms with Gasteiger partial charge in [0, 0.05) is 4.47 Å². The van der Waals surface area contributed by atoms with Crippen LogP contribution in [0.3, 0.4) is 0 Å². The van der Waals surface area contributed by atoms with E-state index in [2.05, 4.69) is 15.9 Å². The van der Waals surface area contributed by atoms with Gasteiger partial charge in [-0.25, -0.2) is 8.42 Å². The van der Waals surface area contributed by atoms with Crippen LogP contribution in [0, 0.1) is 0 Å². The van der Waals surface area contributed by atoms with E-state index in [1.54, 1.807) is 24.3 Å². The lowest BCUT2D eigenvalue weighted by atomic mass is 10.2. The van der Waals surface area contributed by atoms with Gasteiger partial charge in [0.25, 0.3) is 0 Å². The Kier molecular flexibility index (Phi) is 5.44. The maximum Gasteiger partial charge on any atom is 0.179 e. The maximum atomic E-state index is 12.0. The van der Waals surface area contributed by atoms with Crippen molar-refractivity contribution in [2.24, 2.45) is 5.73 Å². The molecule has 90 valence electrons. The predicted octanol–water partition coefficient (Wildman–Crippen LogP) is 2.35. The van der Waals surface area contributed by atoms with E-state index in [0.717, 1.165) is 12.8 Å². The van der Waals surface area contributed by atoms with Crippen molar-refractivity contribution in [2.45, 2.75) is 24.2 Å². The Labute approximate surface area is 105 Å². The van der Waals surface area contributed by atoms with Gasteiger partial charge in [0.15, 0.2) is 9.84 Å². The first-order chi connectivity index (χ1) is 7.58. The van der Waals surface area contributed by atoms with Crippen molar-refractivity contribution in [3.05, 3.63) is 28.7 Å². The first-order valence-electron chi connectivity index (χ1n) is 5.25. The number of unbranched alkanes of at least 4 members (excludes halogenated alkanes) is 2. The van der Waals surface area contributed by atoms with Gasteiger partial charge in [-0.1, -0.05) is 18.6 Å². The Balaban J connectivity index is 2.68. The number of benzene rings is 1. The molecule has 0 atom stereocenters. The van der Waals surface area contributed by atoms with Crippen LogP contribution in [0.1, 0.15) is 19.3 Å². The standard InChI is InChI=1S/C11H16BrNO2S/c12-10-6-2-3-7-11(10)16(14,15)9-5-1-4-8-13/h2-3,6-7H,1,4-5,8-9,13H2. The zero-order valence-electron chi connectivity index (χ0n) is 9.02. The van der Waals surface area contributed by atoms with Gasteiger partial charge in [0.1, 0.15) is 0 Å². The molecule has 16 heavy (non-hydrogen) atoms. The van der Waals surface area contributed by atoms with Gasteiger partial charge in [0.05, 0.1) is 10.6 Å². The lowest BCUT2D eigenvalue weighted by Gasteiger charge is -2.05. The summed E-state index contributed by atoms with van der Waals surface area (Å²) < 4.78 is 24.5. The maximum absolute atomic E-state index is 12.0. The minimum Gasteiger partial charge on any atom is -0.330 e. The second kappa shape index (κ2) is 6.37. The van der Waals surface area contributed by atoms with Gasteiger partial charge in [-0.15, -0.1) is 0 Å². The minimum absolute atomic E-state index is 0.190. The van der Waals surface area contributed by atoms with E-state index in [0.29, 0.717) is 22.3 Å². The van der Waals surface area contributed by atoms with Crippen molar-refractivity contribution < 1.29 is 8.42 Å². The average molecular weight is 306 g/mol. The molecule has 1 aromatic carbocycles. The summed E-state index contributed by atoms with van der Waals surface area (Å²) in [6, 6.07) is 6.91. The second-order valence-corrected chi connectivity index (χ2v) is 6.53. The topological polar surface area (TPSA) is 60.2 Å². The quantitative estimate of drug-likeness (QED) is 0.821. The molecule has 0 aromatic heterocycles. The predicted molar refractivity (Wildman–Crippen MR) is 69.1 cm³/mol. The van der Waals surface area contributed by atoms with Gasteiger partial charge in [-0.05, 0) is 47.4 Å². The summed E-state index contributed by atoms with van der Waals surface area (Å²) in [5.74, 6) is 0.190. The highest BCUT2D eigenvalue weighted by molar-refractivity contribution is 9.10. The molecule has 1 rings (SSSR count). The normalized spacial score (nSPS) is 11.6. The number of rotatable bonds is 6. The van der Waals surface area contributed by atoms with Gasteiger partial charge in [-0.2, -0.15) is 0 Å². The fourth-order valence-corrected chi connectivity index (χ4v) is 3.90. The van der Waals surface area contributed by atoms with Crippen LogP contribution in [0.25, 0.3) is 0 Å². The molecule has 1 aromatic rings. The molecule has 0 aliphatic rings. The molecule has 0 unspecified atom stereocenters. The Bertz CT molecular complexity index is 431. The van der Waals surface area contributed by atoms with Gasteiger partial charge < -0.3 is 5.73 Å². The molecular weight excluding hydrogens is 290 g/mol. The first kappa shape index (κ1) is 13.7. The molecule has 0 spiro atoms. The molecule has 0 heterocycles. The molecule has 0 bridgehead atoms. The summed E-state index contributed by atoms with van der Waals surface area (Å²) in [6.45, 7) is 0.620. The highest BCUT2D eigenvalue weighted by Crippen LogP contribution is 2.22. The van der Waals surface area contributed by atoms with E-state index in [4.69, 9.17) is 5.73 Å². The summed E-state index contributed by atoms with van der Waals surface area (Å²) in [5, 5.41) is 0. The van der Waals surface area contributed by atoms with E-state index >= 15 is 0 Å². The van der Waals surface area contributed by atoms with Crippen molar-refractivity contribution in [2.75, 3.05) is 12.3 Å². The van der Waals surface area contributed by atoms with Crippen LogP contribution in [0.5, 0.6) is 0 Å². The number of hydrogen-bond acceptors (Lipinski definition) is 3. The van der Waals surface area contributed by atoms with E-state index in [1.807, 2.05) is 0 Å². The summed E-state index contributed by atoms with van der Waals surface area (Å²) in [5.41, 5.74) is 5.36. The van der Waals surface area contributed by atoms with Crippen LogP contribution < -0.4 is 5.73 Å². The molecule has 0 aliphatic heterocycles. The molecule has 5 heteroatoms. The molecule has 0 saturated heterocycles. The van der Waals surface area contributed by atoms with Crippen molar-refractivity contribution >= 4 is 25.8 Å². The Hall–Kier alpha value is -0.390. The molecular formula is C11H16BrNO2S. The van der Waals surface area contributed by atoms with Crippen LogP contribution >= 0.6 is 15.9 Å². The van der Waals surface area contributed by atoms with E-state index in [-0.39, 0.29) is 5.75 Å². The van der Waals surface area contributed by atoms with Crippen molar-refractivity contribution in [3.8, 4) is 0 Å².